The van der Waals surface area contributed by atoms with Crippen LogP contribution in [0.2, 0.25) is 0 Å². The van der Waals surface area contributed by atoms with Gasteiger partial charge in [0.25, 0.3) is 0 Å². The third-order valence-electron chi connectivity index (χ3n) is 3.09. The van der Waals surface area contributed by atoms with E-state index in [0.717, 1.165) is 0 Å². The van der Waals surface area contributed by atoms with Gasteiger partial charge in [0.2, 0.25) is 11.8 Å². The fourth-order valence-electron chi connectivity index (χ4n) is 1.66. The summed E-state index contributed by atoms with van der Waals surface area (Å²) in [6.07, 6.45) is 0.338. The number of hydrogen-bond donors (Lipinski definition) is 3. The van der Waals surface area contributed by atoms with Crippen molar-refractivity contribution in [2.75, 3.05) is 13.1 Å². The van der Waals surface area contributed by atoms with Crippen LogP contribution in [0.3, 0.4) is 0 Å². The van der Waals surface area contributed by atoms with Crippen LogP contribution in [-0.2, 0) is 9.59 Å². The van der Waals surface area contributed by atoms with Gasteiger partial charge < -0.3 is 15.7 Å². The molecule has 0 saturated carbocycles. The van der Waals surface area contributed by atoms with Gasteiger partial charge in [-0.15, -0.1) is 0 Å². The molecule has 1 heterocycles. The number of aliphatic hydroxyl groups is 1. The molecule has 0 aromatic rings. The number of rotatable bonds is 3. The minimum Gasteiger partial charge on any atom is -0.391 e. The Kier molecular flexibility index (Phi) is 4.51. The lowest BCUT2D eigenvalue weighted by Gasteiger charge is -2.27. The molecule has 1 aliphatic heterocycles. The maximum absolute atomic E-state index is 11.8. The summed E-state index contributed by atoms with van der Waals surface area (Å²) >= 11 is 0. The van der Waals surface area contributed by atoms with Crippen molar-refractivity contribution >= 4 is 11.8 Å². The van der Waals surface area contributed by atoms with Gasteiger partial charge in [-0.25, -0.2) is 0 Å². The summed E-state index contributed by atoms with van der Waals surface area (Å²) < 4.78 is 0. The van der Waals surface area contributed by atoms with E-state index in [1.54, 1.807) is 0 Å². The van der Waals surface area contributed by atoms with Crippen LogP contribution in [0.5, 0.6) is 0 Å². The highest BCUT2D eigenvalue weighted by Gasteiger charge is 2.27. The average molecular weight is 242 g/mol. The van der Waals surface area contributed by atoms with Crippen LogP contribution in [0.1, 0.15) is 33.6 Å². The van der Waals surface area contributed by atoms with Crippen molar-refractivity contribution < 1.29 is 14.7 Å². The van der Waals surface area contributed by atoms with Crippen LogP contribution < -0.4 is 10.6 Å². The molecule has 3 N–H and O–H groups in total. The van der Waals surface area contributed by atoms with E-state index in [2.05, 4.69) is 10.6 Å². The van der Waals surface area contributed by atoms with Crippen LogP contribution in [0.25, 0.3) is 0 Å². The molecule has 2 unspecified atom stereocenters. The fourth-order valence-corrected chi connectivity index (χ4v) is 1.66. The maximum Gasteiger partial charge on any atom is 0.223 e. The molecular formula is C12H22N2O3. The van der Waals surface area contributed by atoms with Gasteiger partial charge in [0.15, 0.2) is 0 Å². The van der Waals surface area contributed by atoms with Gasteiger partial charge in [-0.3, -0.25) is 9.59 Å². The molecule has 17 heavy (non-hydrogen) atoms. The number of aliphatic hydroxyl groups excluding tert-OH is 1. The third-order valence-corrected chi connectivity index (χ3v) is 3.09. The summed E-state index contributed by atoms with van der Waals surface area (Å²) in [5.41, 5.74) is -0.253. The van der Waals surface area contributed by atoms with E-state index in [9.17, 15) is 14.7 Å². The summed E-state index contributed by atoms with van der Waals surface area (Å²) in [6.45, 7) is 6.53. The van der Waals surface area contributed by atoms with E-state index in [-0.39, 0.29) is 36.1 Å². The van der Waals surface area contributed by atoms with Gasteiger partial charge in [0, 0.05) is 25.4 Å². The third kappa shape index (κ3) is 4.34. The Hall–Kier alpha value is -1.10. The molecule has 2 amide bonds. The van der Waals surface area contributed by atoms with Crippen LogP contribution >= 0.6 is 0 Å². The van der Waals surface area contributed by atoms with E-state index >= 15 is 0 Å². The van der Waals surface area contributed by atoms with Crippen molar-refractivity contribution in [1.82, 2.24) is 10.6 Å². The molecule has 0 aromatic heterocycles. The van der Waals surface area contributed by atoms with Crippen molar-refractivity contribution in [3.63, 3.8) is 0 Å². The van der Waals surface area contributed by atoms with Crippen LogP contribution in [0.4, 0.5) is 0 Å². The lowest BCUT2D eigenvalue weighted by atomic mass is 9.89. The van der Waals surface area contributed by atoms with Crippen molar-refractivity contribution in [3.05, 3.63) is 0 Å². The molecule has 0 bridgehead atoms. The average Bonchev–Trinajstić information content (AvgIpc) is 2.24. The molecule has 0 aromatic carbocycles. The summed E-state index contributed by atoms with van der Waals surface area (Å²) in [6, 6.07) is 0. The van der Waals surface area contributed by atoms with Crippen molar-refractivity contribution in [2.45, 2.75) is 39.7 Å². The minimum absolute atomic E-state index is 0.0761. The molecule has 5 heteroatoms. The van der Waals surface area contributed by atoms with Gasteiger partial charge >= 0.3 is 0 Å². The van der Waals surface area contributed by atoms with E-state index < -0.39 is 6.10 Å². The Labute approximate surface area is 102 Å². The van der Waals surface area contributed by atoms with Crippen LogP contribution in [0, 0.1) is 11.3 Å². The second-order valence-electron chi connectivity index (χ2n) is 5.67. The fraction of sp³-hybridized carbons (Fsp3) is 0.833. The molecule has 1 saturated heterocycles. The number of carbonyl (C=O) groups is 2. The van der Waals surface area contributed by atoms with Crippen LogP contribution in [0.15, 0.2) is 0 Å². The van der Waals surface area contributed by atoms with E-state index in [1.807, 2.05) is 20.8 Å². The molecular weight excluding hydrogens is 220 g/mol. The zero-order valence-electron chi connectivity index (χ0n) is 10.7. The lowest BCUT2D eigenvalue weighted by molar-refractivity contribution is -0.132. The van der Waals surface area contributed by atoms with Gasteiger partial charge in [0.05, 0.1) is 6.10 Å². The van der Waals surface area contributed by atoms with Crippen molar-refractivity contribution in [2.24, 2.45) is 11.3 Å². The predicted octanol–water partition coefficient (Wildman–Crippen LogP) is 0.0358. The van der Waals surface area contributed by atoms with E-state index in [0.29, 0.717) is 13.0 Å². The molecule has 0 aliphatic carbocycles. The van der Waals surface area contributed by atoms with Crippen LogP contribution in [-0.4, -0.2) is 36.1 Å². The molecule has 0 spiro atoms. The summed E-state index contributed by atoms with van der Waals surface area (Å²) in [7, 11) is 0. The highest BCUT2D eigenvalue weighted by Crippen LogP contribution is 2.18. The Balaban J connectivity index is 2.37. The van der Waals surface area contributed by atoms with E-state index in [1.165, 1.54) is 0 Å². The number of hydrogen-bond acceptors (Lipinski definition) is 3. The molecule has 0 radical (unpaired) electrons. The summed E-state index contributed by atoms with van der Waals surface area (Å²) in [5, 5.41) is 15.2. The molecule has 1 aliphatic rings. The Morgan fingerprint density at radius 3 is 2.76 bits per heavy atom. The first-order chi connectivity index (χ1) is 7.80. The normalized spacial score (nSPS) is 22.8. The zero-order valence-corrected chi connectivity index (χ0v) is 10.7. The lowest BCUT2D eigenvalue weighted by Crippen LogP contribution is -2.45. The Bertz CT molecular complexity index is 297. The Morgan fingerprint density at radius 2 is 2.24 bits per heavy atom. The highest BCUT2D eigenvalue weighted by molar-refractivity contribution is 5.86. The first-order valence-corrected chi connectivity index (χ1v) is 6.03. The SMILES string of the molecule is CC(C)(C)C(O)CNC(=O)C1CCNC(=O)C1. The zero-order chi connectivity index (χ0) is 13.1. The highest BCUT2D eigenvalue weighted by atomic mass is 16.3. The Morgan fingerprint density at radius 1 is 1.59 bits per heavy atom. The first kappa shape index (κ1) is 14.0. The molecule has 1 rings (SSSR count). The molecule has 98 valence electrons. The number of carbonyl (C=O) groups excluding carboxylic acids is 2. The molecule has 5 nitrogen and oxygen atoms in total. The summed E-state index contributed by atoms with van der Waals surface area (Å²) in [5.74, 6) is -0.466. The van der Waals surface area contributed by atoms with Gasteiger partial charge in [-0.2, -0.15) is 0 Å². The van der Waals surface area contributed by atoms with E-state index in [4.69, 9.17) is 0 Å². The summed E-state index contributed by atoms with van der Waals surface area (Å²) in [4.78, 5) is 22.9. The van der Waals surface area contributed by atoms with Gasteiger partial charge in [-0.1, -0.05) is 20.8 Å². The first-order valence-electron chi connectivity index (χ1n) is 6.03. The second kappa shape index (κ2) is 5.49. The topological polar surface area (TPSA) is 78.4 Å². The predicted molar refractivity (Wildman–Crippen MR) is 64.2 cm³/mol. The number of nitrogens with one attached hydrogen (secondary N) is 2. The molecule has 2 atom stereocenters. The number of amides is 2. The van der Waals surface area contributed by atoms with Gasteiger partial charge in [-0.05, 0) is 11.8 Å². The second-order valence-corrected chi connectivity index (χ2v) is 5.67. The quantitative estimate of drug-likeness (QED) is 0.653. The maximum atomic E-state index is 11.8. The standard InChI is InChI=1S/C12H22N2O3/c1-12(2,3)9(15)7-14-11(17)8-4-5-13-10(16)6-8/h8-9,15H,4-7H2,1-3H3,(H,13,16)(H,14,17). The van der Waals surface area contributed by atoms with Crippen molar-refractivity contribution in [3.8, 4) is 0 Å². The number of piperidine rings is 1. The van der Waals surface area contributed by atoms with Crippen molar-refractivity contribution in [1.29, 1.82) is 0 Å². The minimum atomic E-state index is -0.580. The largest absolute Gasteiger partial charge is 0.391 e. The van der Waals surface area contributed by atoms with Gasteiger partial charge in [0.1, 0.15) is 0 Å². The monoisotopic (exact) mass is 242 g/mol. The molecule has 1 fully saturated rings. The smallest absolute Gasteiger partial charge is 0.223 e.